The summed E-state index contributed by atoms with van der Waals surface area (Å²) in [6, 6.07) is 54.1. The summed E-state index contributed by atoms with van der Waals surface area (Å²) in [6.45, 7) is 0. The van der Waals surface area contributed by atoms with Gasteiger partial charge in [0.2, 0.25) is 0 Å². The molecule has 6 heteroatoms. The van der Waals surface area contributed by atoms with Gasteiger partial charge in [0.05, 0.1) is 11.8 Å². The number of para-hydroxylation sites is 2. The van der Waals surface area contributed by atoms with Gasteiger partial charge in [-0.3, -0.25) is 0 Å². The third kappa shape index (κ3) is 4.95. The van der Waals surface area contributed by atoms with E-state index in [-0.39, 0.29) is 0 Å². The number of aromatic nitrogens is 3. The summed E-state index contributed by atoms with van der Waals surface area (Å²) in [6.07, 6.45) is 0. The van der Waals surface area contributed by atoms with E-state index in [2.05, 4.69) is 91.0 Å². The second kappa shape index (κ2) is 12.3. The van der Waals surface area contributed by atoms with Crippen molar-refractivity contribution >= 4 is 53.4 Å². The molecule has 3 aromatic heterocycles. The van der Waals surface area contributed by atoms with Crippen LogP contribution in [0.1, 0.15) is 0 Å². The van der Waals surface area contributed by atoms with Gasteiger partial charge in [-0.05, 0) is 17.7 Å². The molecule has 0 radical (unpaired) electrons. The average Bonchev–Trinajstić information content (AvgIpc) is 3.80. The van der Waals surface area contributed by atoms with Gasteiger partial charge in [-0.1, -0.05) is 146 Å². The van der Waals surface area contributed by atoms with Crippen LogP contribution >= 0.6 is 11.3 Å². The predicted molar refractivity (Wildman–Crippen MR) is 214 cm³/mol. The second-order valence-electron chi connectivity index (χ2n) is 12.7. The molecular formula is C46H29N3O2S. The first-order valence-electron chi connectivity index (χ1n) is 17.1. The standard InChI is InChI=1S/C46H29N3O2S/c1-50-39-26-12-25-38-37-24-11-23-36(42(37)52-43(38)39)35-22-10-21-34-33-20-9-19-32(40(33)51-41(34)35)30-17-8-18-31(27-30)46-48-44(28-13-4-2-5-14-28)47-45(49-46)29-15-6-3-7-16-29/h2-27H,1H3. The maximum absolute atomic E-state index is 6.93. The van der Waals surface area contributed by atoms with Crippen molar-refractivity contribution in [3.05, 3.63) is 158 Å². The van der Waals surface area contributed by atoms with Gasteiger partial charge >= 0.3 is 0 Å². The van der Waals surface area contributed by atoms with Crippen LogP contribution in [0.5, 0.6) is 5.75 Å². The lowest BCUT2D eigenvalue weighted by molar-refractivity contribution is 0.420. The molecule has 0 N–H and O–H groups in total. The number of fused-ring (bicyclic) bond motifs is 6. The fraction of sp³-hybridized carbons (Fsp3) is 0.0217. The number of benzene rings is 7. The summed E-state index contributed by atoms with van der Waals surface area (Å²) in [5.41, 5.74) is 8.73. The highest BCUT2D eigenvalue weighted by molar-refractivity contribution is 7.26. The van der Waals surface area contributed by atoms with Gasteiger partial charge in [0.1, 0.15) is 16.9 Å². The van der Waals surface area contributed by atoms with E-state index in [1.54, 1.807) is 18.4 Å². The Morgan fingerprint density at radius 1 is 0.423 bits per heavy atom. The van der Waals surface area contributed by atoms with E-state index in [1.807, 2.05) is 66.7 Å². The van der Waals surface area contributed by atoms with E-state index in [4.69, 9.17) is 24.1 Å². The lowest BCUT2D eigenvalue weighted by Crippen LogP contribution is -2.00. The average molecular weight is 688 g/mol. The van der Waals surface area contributed by atoms with Crippen molar-refractivity contribution in [3.63, 3.8) is 0 Å². The Balaban J connectivity index is 1.13. The van der Waals surface area contributed by atoms with Gasteiger partial charge in [0.25, 0.3) is 0 Å². The summed E-state index contributed by atoms with van der Waals surface area (Å²) in [7, 11) is 1.73. The van der Waals surface area contributed by atoms with Gasteiger partial charge in [-0.25, -0.2) is 15.0 Å². The summed E-state index contributed by atoms with van der Waals surface area (Å²) < 4.78 is 15.0. The monoisotopic (exact) mass is 687 g/mol. The first-order valence-corrected chi connectivity index (χ1v) is 18.0. The molecule has 0 aliphatic heterocycles. The minimum Gasteiger partial charge on any atom is -0.495 e. The van der Waals surface area contributed by atoms with Crippen molar-refractivity contribution in [2.24, 2.45) is 0 Å². The molecule has 0 saturated heterocycles. The zero-order valence-corrected chi connectivity index (χ0v) is 28.9. The molecule has 0 fully saturated rings. The highest BCUT2D eigenvalue weighted by Crippen LogP contribution is 2.46. The van der Waals surface area contributed by atoms with Gasteiger partial charge in [-0.2, -0.15) is 0 Å². The zero-order chi connectivity index (χ0) is 34.6. The molecule has 0 aliphatic carbocycles. The molecule has 10 rings (SSSR count). The molecule has 10 aromatic rings. The van der Waals surface area contributed by atoms with Crippen molar-refractivity contribution in [2.45, 2.75) is 0 Å². The number of nitrogens with zero attached hydrogens (tertiary/aromatic N) is 3. The number of rotatable bonds is 6. The Morgan fingerprint density at radius 3 is 1.56 bits per heavy atom. The Morgan fingerprint density at radius 2 is 0.904 bits per heavy atom. The zero-order valence-electron chi connectivity index (χ0n) is 28.1. The number of hydrogen-bond acceptors (Lipinski definition) is 6. The van der Waals surface area contributed by atoms with E-state index < -0.39 is 0 Å². The van der Waals surface area contributed by atoms with E-state index in [0.717, 1.165) is 71.3 Å². The van der Waals surface area contributed by atoms with E-state index in [0.29, 0.717) is 17.5 Å². The molecule has 3 heterocycles. The number of furan rings is 1. The quantitative estimate of drug-likeness (QED) is 0.174. The van der Waals surface area contributed by atoms with Crippen LogP contribution in [-0.4, -0.2) is 22.1 Å². The van der Waals surface area contributed by atoms with Crippen molar-refractivity contribution in [1.29, 1.82) is 0 Å². The number of ether oxygens (including phenoxy) is 1. The van der Waals surface area contributed by atoms with Crippen LogP contribution < -0.4 is 4.74 Å². The van der Waals surface area contributed by atoms with Crippen LogP contribution in [0.15, 0.2) is 162 Å². The van der Waals surface area contributed by atoms with E-state index >= 15 is 0 Å². The fourth-order valence-corrected chi connectivity index (χ4v) is 8.51. The normalized spacial score (nSPS) is 11.6. The molecule has 5 nitrogen and oxygen atoms in total. The summed E-state index contributed by atoms with van der Waals surface area (Å²) in [5.74, 6) is 2.77. The van der Waals surface area contributed by atoms with Gasteiger partial charge in [0, 0.05) is 59.6 Å². The maximum atomic E-state index is 6.93. The first-order chi connectivity index (χ1) is 25.7. The molecule has 0 spiro atoms. The molecule has 52 heavy (non-hydrogen) atoms. The van der Waals surface area contributed by atoms with Crippen molar-refractivity contribution in [1.82, 2.24) is 15.0 Å². The molecular weight excluding hydrogens is 659 g/mol. The molecule has 246 valence electrons. The molecule has 0 bridgehead atoms. The smallest absolute Gasteiger partial charge is 0.164 e. The molecule has 0 atom stereocenters. The van der Waals surface area contributed by atoms with Crippen LogP contribution in [0.2, 0.25) is 0 Å². The third-order valence-electron chi connectivity index (χ3n) is 9.65. The van der Waals surface area contributed by atoms with E-state index in [1.165, 1.54) is 15.5 Å². The van der Waals surface area contributed by atoms with Gasteiger partial charge < -0.3 is 9.15 Å². The minimum atomic E-state index is 0.613. The van der Waals surface area contributed by atoms with Crippen LogP contribution in [0, 0.1) is 0 Å². The number of hydrogen-bond donors (Lipinski definition) is 0. The lowest BCUT2D eigenvalue weighted by Gasteiger charge is -2.10. The second-order valence-corrected chi connectivity index (χ2v) is 13.7. The van der Waals surface area contributed by atoms with Crippen LogP contribution in [0.25, 0.3) is 98.5 Å². The minimum absolute atomic E-state index is 0.613. The Kier molecular flexibility index (Phi) is 7.15. The van der Waals surface area contributed by atoms with Crippen molar-refractivity contribution < 1.29 is 9.15 Å². The van der Waals surface area contributed by atoms with Crippen molar-refractivity contribution in [2.75, 3.05) is 7.11 Å². The highest BCUT2D eigenvalue weighted by atomic mass is 32.1. The molecule has 0 unspecified atom stereocenters. The molecule has 7 aromatic carbocycles. The molecule has 0 aliphatic rings. The summed E-state index contributed by atoms with van der Waals surface area (Å²) in [4.78, 5) is 14.8. The van der Waals surface area contributed by atoms with Crippen molar-refractivity contribution in [3.8, 4) is 62.2 Å². The van der Waals surface area contributed by atoms with Gasteiger partial charge in [-0.15, -0.1) is 11.3 Å². The summed E-state index contributed by atoms with van der Waals surface area (Å²) in [5, 5.41) is 4.57. The van der Waals surface area contributed by atoms with E-state index in [9.17, 15) is 0 Å². The Labute approximate surface area is 303 Å². The number of methoxy groups -OCH3 is 1. The highest BCUT2D eigenvalue weighted by Gasteiger charge is 2.20. The fourth-order valence-electron chi connectivity index (χ4n) is 7.19. The van der Waals surface area contributed by atoms with Crippen LogP contribution in [0.3, 0.4) is 0 Å². The SMILES string of the molecule is COc1cccc2c1sc1c(-c3cccc4c3oc3c(-c5cccc(-c6nc(-c7ccccc7)nc(-c7ccccc7)n6)c5)cccc34)cccc12. The Hall–Kier alpha value is -6.63. The Bertz CT molecular complexity index is 2890. The maximum Gasteiger partial charge on any atom is 0.164 e. The van der Waals surface area contributed by atoms with Crippen LogP contribution in [-0.2, 0) is 0 Å². The lowest BCUT2D eigenvalue weighted by atomic mass is 9.98. The topological polar surface area (TPSA) is 61.0 Å². The van der Waals surface area contributed by atoms with Crippen LogP contribution in [0.4, 0.5) is 0 Å². The largest absolute Gasteiger partial charge is 0.495 e. The third-order valence-corrected chi connectivity index (χ3v) is 10.9. The van der Waals surface area contributed by atoms with Gasteiger partial charge in [0.15, 0.2) is 17.5 Å². The molecule has 0 amide bonds. The number of thiophene rings is 1. The predicted octanol–water partition coefficient (Wildman–Crippen LogP) is 12.5. The first kappa shape index (κ1) is 30.2. The molecule has 0 saturated carbocycles. The summed E-state index contributed by atoms with van der Waals surface area (Å²) >= 11 is 1.77.